The normalized spacial score (nSPS) is 10.0. The van der Waals surface area contributed by atoms with E-state index in [9.17, 15) is 5.11 Å². The molecule has 9 heavy (non-hydrogen) atoms. The molecule has 0 bridgehead atoms. The number of rotatable bonds is 6. The van der Waals surface area contributed by atoms with Gasteiger partial charge in [0, 0.05) is 6.61 Å². The third kappa shape index (κ3) is 7.92. The summed E-state index contributed by atoms with van der Waals surface area (Å²) in [5.41, 5.74) is 0. The lowest BCUT2D eigenvalue weighted by Gasteiger charge is -1.98. The van der Waals surface area contributed by atoms with Gasteiger partial charge in [-0.2, -0.15) is 0 Å². The Labute approximate surface area is 56.8 Å². The van der Waals surface area contributed by atoms with Gasteiger partial charge in [-0.3, -0.25) is 0 Å². The molecule has 0 unspecified atom stereocenters. The van der Waals surface area contributed by atoms with Crippen LogP contribution < -0.4 is 0 Å². The second-order valence-corrected chi connectivity index (χ2v) is 2.02. The summed E-state index contributed by atoms with van der Waals surface area (Å²) < 4.78 is 4.97. The molecule has 1 radical (unpaired) electrons. The van der Waals surface area contributed by atoms with Crippen LogP contribution in [0.5, 0.6) is 0 Å². The Hall–Kier alpha value is -0.0800. The van der Waals surface area contributed by atoms with E-state index in [0.29, 0.717) is 6.61 Å². The van der Waals surface area contributed by atoms with Crippen LogP contribution in [-0.4, -0.2) is 19.8 Å². The van der Waals surface area contributed by atoms with E-state index < -0.39 is 0 Å². The Morgan fingerprint density at radius 1 is 1.22 bits per heavy atom. The van der Waals surface area contributed by atoms with Crippen molar-refractivity contribution in [1.82, 2.24) is 0 Å². The van der Waals surface area contributed by atoms with E-state index in [-0.39, 0.29) is 6.61 Å². The molecule has 0 aromatic heterocycles. The fourth-order valence-electron chi connectivity index (χ4n) is 0.615. The first-order chi connectivity index (χ1) is 4.41. The van der Waals surface area contributed by atoms with Crippen LogP contribution >= 0.6 is 0 Å². The summed E-state index contributed by atoms with van der Waals surface area (Å²) in [4.78, 5) is 0. The number of hydrogen-bond donors (Lipinski definition) is 0. The summed E-state index contributed by atoms with van der Waals surface area (Å²) in [7, 11) is 0. The summed E-state index contributed by atoms with van der Waals surface area (Å²) in [5, 5.41) is 9.84. The predicted molar refractivity (Wildman–Crippen MR) is 35.9 cm³/mol. The molecule has 0 aliphatic rings. The van der Waals surface area contributed by atoms with Crippen molar-refractivity contribution in [3.05, 3.63) is 0 Å². The summed E-state index contributed by atoms with van der Waals surface area (Å²) >= 11 is 0. The Bertz CT molecular complexity index is 40.2. The van der Waals surface area contributed by atoms with E-state index >= 15 is 0 Å². The molecule has 0 atom stereocenters. The van der Waals surface area contributed by atoms with Crippen LogP contribution in [0.4, 0.5) is 0 Å². The first kappa shape index (κ1) is 8.92. The Kier molecular flexibility index (Phi) is 7.85. The highest BCUT2D eigenvalue weighted by Gasteiger charge is 1.85. The van der Waals surface area contributed by atoms with Gasteiger partial charge in [-0.05, 0) is 6.42 Å². The second kappa shape index (κ2) is 7.92. The fraction of sp³-hybridized carbons (Fsp3) is 1.00. The molecule has 0 aromatic carbocycles. The smallest absolute Gasteiger partial charge is 0.106 e. The van der Waals surface area contributed by atoms with Crippen LogP contribution in [-0.2, 0) is 9.84 Å². The van der Waals surface area contributed by atoms with Crippen LogP contribution in [0.2, 0.25) is 0 Å². The molecular weight excluding hydrogens is 116 g/mol. The molecule has 0 aliphatic heterocycles. The summed E-state index contributed by atoms with van der Waals surface area (Å²) in [6.45, 7) is 3.18. The van der Waals surface area contributed by atoms with Gasteiger partial charge in [0.1, 0.15) is 6.61 Å². The molecule has 0 heterocycles. The van der Waals surface area contributed by atoms with Crippen LogP contribution in [0.1, 0.15) is 26.2 Å². The van der Waals surface area contributed by atoms with Crippen molar-refractivity contribution in [3.8, 4) is 0 Å². The topological polar surface area (TPSA) is 29.1 Å². The lowest BCUT2D eigenvalue weighted by atomic mass is 10.3. The van der Waals surface area contributed by atoms with E-state index in [1.54, 1.807) is 0 Å². The third-order valence-electron chi connectivity index (χ3n) is 1.12. The lowest BCUT2D eigenvalue weighted by Crippen LogP contribution is -1.99. The van der Waals surface area contributed by atoms with Crippen molar-refractivity contribution < 1.29 is 9.84 Å². The monoisotopic (exact) mass is 131 g/mol. The standard InChI is InChI=1S/C7H15O2/c1-2-3-4-6-9-7-5-8/h2-7H2,1H3. The largest absolute Gasteiger partial charge is 0.379 e. The van der Waals surface area contributed by atoms with E-state index in [1.165, 1.54) is 12.8 Å². The van der Waals surface area contributed by atoms with E-state index in [2.05, 4.69) is 6.92 Å². The molecule has 0 amide bonds. The quantitative estimate of drug-likeness (QED) is 0.503. The van der Waals surface area contributed by atoms with Crippen molar-refractivity contribution in [1.29, 1.82) is 0 Å². The average molecular weight is 131 g/mol. The summed E-state index contributed by atoms with van der Waals surface area (Å²) in [6, 6.07) is 0. The number of ether oxygens (including phenoxy) is 1. The minimum Gasteiger partial charge on any atom is -0.379 e. The molecule has 0 aliphatic carbocycles. The van der Waals surface area contributed by atoms with Gasteiger partial charge in [-0.15, -0.1) is 0 Å². The van der Waals surface area contributed by atoms with Crippen molar-refractivity contribution >= 4 is 0 Å². The highest BCUT2D eigenvalue weighted by Crippen LogP contribution is 1.93. The molecule has 0 saturated heterocycles. The van der Waals surface area contributed by atoms with E-state index in [4.69, 9.17) is 4.74 Å². The Morgan fingerprint density at radius 3 is 2.56 bits per heavy atom. The lowest BCUT2D eigenvalue weighted by molar-refractivity contribution is 0.0620. The van der Waals surface area contributed by atoms with Crippen molar-refractivity contribution in [2.75, 3.05) is 19.8 Å². The summed E-state index contributed by atoms with van der Waals surface area (Å²) in [6.07, 6.45) is 3.51. The molecule has 0 fully saturated rings. The highest BCUT2D eigenvalue weighted by atomic mass is 16.5. The van der Waals surface area contributed by atoms with Crippen molar-refractivity contribution in [2.45, 2.75) is 26.2 Å². The number of hydrogen-bond acceptors (Lipinski definition) is 1. The molecule has 0 spiro atoms. The zero-order valence-corrected chi connectivity index (χ0v) is 6.06. The van der Waals surface area contributed by atoms with Gasteiger partial charge in [0.15, 0.2) is 0 Å². The second-order valence-electron chi connectivity index (χ2n) is 2.02. The van der Waals surface area contributed by atoms with Crippen LogP contribution in [0.25, 0.3) is 0 Å². The van der Waals surface area contributed by atoms with Gasteiger partial charge < -0.3 is 4.74 Å². The predicted octanol–water partition coefficient (Wildman–Crippen LogP) is 1.62. The van der Waals surface area contributed by atoms with Gasteiger partial charge in [0.05, 0.1) is 6.61 Å². The maximum atomic E-state index is 9.84. The highest BCUT2D eigenvalue weighted by molar-refractivity contribution is 4.35. The molecule has 0 rings (SSSR count). The zero-order valence-electron chi connectivity index (χ0n) is 6.06. The SMILES string of the molecule is CCCCCOCC[O]. The average Bonchev–Trinajstić information content (AvgIpc) is 1.89. The Balaban J connectivity index is 2.60. The van der Waals surface area contributed by atoms with Crippen LogP contribution in [0, 0.1) is 0 Å². The van der Waals surface area contributed by atoms with Gasteiger partial charge in [-0.1, -0.05) is 19.8 Å². The zero-order chi connectivity index (χ0) is 6.95. The molecule has 0 N–H and O–H groups in total. The molecule has 0 saturated carbocycles. The van der Waals surface area contributed by atoms with Gasteiger partial charge >= 0.3 is 0 Å². The molecule has 55 valence electrons. The van der Waals surface area contributed by atoms with Gasteiger partial charge in [0.2, 0.25) is 0 Å². The van der Waals surface area contributed by atoms with Crippen molar-refractivity contribution in [3.63, 3.8) is 0 Å². The Morgan fingerprint density at radius 2 is 2.00 bits per heavy atom. The summed E-state index contributed by atoms with van der Waals surface area (Å²) in [5.74, 6) is 0. The third-order valence-corrected chi connectivity index (χ3v) is 1.12. The first-order valence-corrected chi connectivity index (χ1v) is 3.57. The maximum Gasteiger partial charge on any atom is 0.106 e. The van der Waals surface area contributed by atoms with Crippen molar-refractivity contribution in [2.24, 2.45) is 0 Å². The molecule has 2 heteroatoms. The maximum absolute atomic E-state index is 9.84. The minimum atomic E-state index is -0.105. The molecule has 2 nitrogen and oxygen atoms in total. The first-order valence-electron chi connectivity index (χ1n) is 3.57. The fourth-order valence-corrected chi connectivity index (χ4v) is 0.615. The van der Waals surface area contributed by atoms with Gasteiger partial charge in [-0.25, -0.2) is 5.11 Å². The van der Waals surface area contributed by atoms with E-state index in [0.717, 1.165) is 13.0 Å². The molecular formula is C7H15O2. The minimum absolute atomic E-state index is 0.105. The van der Waals surface area contributed by atoms with Crippen LogP contribution in [0.15, 0.2) is 0 Å². The van der Waals surface area contributed by atoms with Gasteiger partial charge in [0.25, 0.3) is 0 Å². The molecule has 0 aromatic rings. The van der Waals surface area contributed by atoms with E-state index in [1.807, 2.05) is 0 Å². The number of unbranched alkanes of at least 4 members (excludes halogenated alkanes) is 2. The van der Waals surface area contributed by atoms with Crippen LogP contribution in [0.3, 0.4) is 0 Å².